The molecule has 1 atom stereocenters. The van der Waals surface area contributed by atoms with Crippen molar-refractivity contribution in [1.29, 1.82) is 0 Å². The standard InChI is InChI=1S/C18H19N/c1-13(19(2)3)18-12-14-8-4-5-9-15(14)16-10-6-7-11-17(16)18/h4-13H,1-3H3/t13-/m0/s1. The minimum absolute atomic E-state index is 0.412. The summed E-state index contributed by atoms with van der Waals surface area (Å²) in [5.74, 6) is 0. The Morgan fingerprint density at radius 3 is 2.05 bits per heavy atom. The number of nitrogens with zero attached hydrogens (tertiary/aromatic N) is 1. The molecule has 0 unspecified atom stereocenters. The second-order valence-electron chi connectivity index (χ2n) is 5.37. The van der Waals surface area contributed by atoms with Crippen LogP contribution in [0.3, 0.4) is 0 Å². The molecule has 3 aromatic rings. The minimum atomic E-state index is 0.412. The van der Waals surface area contributed by atoms with Crippen LogP contribution in [0.2, 0.25) is 0 Å². The fraction of sp³-hybridized carbons (Fsp3) is 0.222. The van der Waals surface area contributed by atoms with Crippen molar-refractivity contribution >= 4 is 21.5 Å². The highest BCUT2D eigenvalue weighted by molar-refractivity contribution is 6.09. The van der Waals surface area contributed by atoms with Crippen molar-refractivity contribution < 1.29 is 0 Å². The summed E-state index contributed by atoms with van der Waals surface area (Å²) in [6, 6.07) is 20.1. The van der Waals surface area contributed by atoms with E-state index in [0.29, 0.717) is 6.04 Å². The van der Waals surface area contributed by atoms with E-state index in [1.807, 2.05) is 0 Å². The zero-order valence-corrected chi connectivity index (χ0v) is 11.7. The van der Waals surface area contributed by atoms with Crippen LogP contribution in [0.5, 0.6) is 0 Å². The molecule has 0 N–H and O–H groups in total. The molecule has 0 aliphatic carbocycles. The molecule has 3 rings (SSSR count). The van der Waals surface area contributed by atoms with E-state index in [1.54, 1.807) is 0 Å². The molecule has 96 valence electrons. The van der Waals surface area contributed by atoms with Crippen LogP contribution >= 0.6 is 0 Å². The fourth-order valence-electron chi connectivity index (χ4n) is 2.71. The van der Waals surface area contributed by atoms with Crippen LogP contribution in [0, 0.1) is 0 Å². The van der Waals surface area contributed by atoms with E-state index in [4.69, 9.17) is 0 Å². The van der Waals surface area contributed by atoms with Gasteiger partial charge >= 0.3 is 0 Å². The van der Waals surface area contributed by atoms with Gasteiger partial charge in [-0.2, -0.15) is 0 Å². The third kappa shape index (κ3) is 2.00. The lowest BCUT2D eigenvalue weighted by Gasteiger charge is -2.22. The van der Waals surface area contributed by atoms with Crippen LogP contribution in [-0.2, 0) is 0 Å². The van der Waals surface area contributed by atoms with E-state index in [2.05, 4.69) is 80.5 Å². The molecule has 1 nitrogen and oxygen atoms in total. The molecule has 0 radical (unpaired) electrons. The summed E-state index contributed by atoms with van der Waals surface area (Å²) in [5.41, 5.74) is 1.40. The van der Waals surface area contributed by atoms with E-state index < -0.39 is 0 Å². The summed E-state index contributed by atoms with van der Waals surface area (Å²) in [5, 5.41) is 5.38. The van der Waals surface area contributed by atoms with Gasteiger partial charge in [-0.05, 0) is 54.2 Å². The molecule has 0 aliphatic rings. The molecule has 0 amide bonds. The topological polar surface area (TPSA) is 3.24 Å². The molecule has 0 bridgehead atoms. The average Bonchev–Trinajstić information content (AvgIpc) is 2.45. The van der Waals surface area contributed by atoms with Crippen molar-refractivity contribution in [3.05, 3.63) is 60.2 Å². The quantitative estimate of drug-likeness (QED) is 0.599. The maximum absolute atomic E-state index is 2.34. The Balaban J connectivity index is 2.42. The van der Waals surface area contributed by atoms with Gasteiger partial charge in [0.2, 0.25) is 0 Å². The SMILES string of the molecule is C[C@@H](c1cc2ccccc2c2ccccc12)N(C)C. The molecule has 0 saturated carbocycles. The van der Waals surface area contributed by atoms with Crippen LogP contribution in [0.15, 0.2) is 54.6 Å². The van der Waals surface area contributed by atoms with Crippen LogP contribution in [-0.4, -0.2) is 19.0 Å². The molecule has 19 heavy (non-hydrogen) atoms. The summed E-state index contributed by atoms with van der Waals surface area (Å²) in [7, 11) is 4.27. The van der Waals surface area contributed by atoms with Crippen molar-refractivity contribution in [1.82, 2.24) is 4.90 Å². The van der Waals surface area contributed by atoms with Crippen molar-refractivity contribution in [3.8, 4) is 0 Å². The Labute approximate surface area is 114 Å². The van der Waals surface area contributed by atoms with Gasteiger partial charge in [-0.1, -0.05) is 48.5 Å². The van der Waals surface area contributed by atoms with Crippen LogP contribution < -0.4 is 0 Å². The lowest BCUT2D eigenvalue weighted by Crippen LogP contribution is -2.17. The van der Waals surface area contributed by atoms with E-state index in [-0.39, 0.29) is 0 Å². The van der Waals surface area contributed by atoms with Crippen LogP contribution in [0.4, 0.5) is 0 Å². The summed E-state index contributed by atoms with van der Waals surface area (Å²) < 4.78 is 0. The second-order valence-corrected chi connectivity index (χ2v) is 5.37. The molecule has 0 saturated heterocycles. The van der Waals surface area contributed by atoms with Crippen molar-refractivity contribution in [2.24, 2.45) is 0 Å². The first-order chi connectivity index (χ1) is 9.18. The number of benzene rings is 3. The average molecular weight is 249 g/mol. The zero-order chi connectivity index (χ0) is 13.4. The van der Waals surface area contributed by atoms with Crippen LogP contribution in [0.25, 0.3) is 21.5 Å². The van der Waals surface area contributed by atoms with Gasteiger partial charge in [0.15, 0.2) is 0 Å². The highest BCUT2D eigenvalue weighted by Gasteiger charge is 2.13. The Morgan fingerprint density at radius 2 is 1.37 bits per heavy atom. The molecular formula is C18H19N. The predicted octanol–water partition coefficient (Wildman–Crippen LogP) is 4.62. The number of rotatable bonds is 2. The maximum Gasteiger partial charge on any atom is 0.0320 e. The second kappa shape index (κ2) is 4.67. The van der Waals surface area contributed by atoms with Gasteiger partial charge in [0, 0.05) is 6.04 Å². The normalized spacial score (nSPS) is 13.3. The van der Waals surface area contributed by atoms with E-state index in [0.717, 1.165) is 0 Å². The first kappa shape index (κ1) is 12.2. The first-order valence-electron chi connectivity index (χ1n) is 6.75. The van der Waals surface area contributed by atoms with Gasteiger partial charge in [-0.25, -0.2) is 0 Å². The molecular weight excluding hydrogens is 230 g/mol. The van der Waals surface area contributed by atoms with Gasteiger partial charge in [-0.3, -0.25) is 0 Å². The Morgan fingerprint density at radius 1 is 0.789 bits per heavy atom. The monoisotopic (exact) mass is 249 g/mol. The fourth-order valence-corrected chi connectivity index (χ4v) is 2.71. The Hall–Kier alpha value is -1.86. The molecule has 0 aliphatic heterocycles. The molecule has 1 heteroatoms. The molecule has 0 heterocycles. The molecule has 3 aromatic carbocycles. The summed E-state index contributed by atoms with van der Waals surface area (Å²) in [6.07, 6.45) is 0. The lowest BCUT2D eigenvalue weighted by atomic mass is 9.94. The van der Waals surface area contributed by atoms with Gasteiger partial charge in [-0.15, -0.1) is 0 Å². The third-order valence-corrected chi connectivity index (χ3v) is 4.02. The Bertz CT molecular complexity index is 728. The highest BCUT2D eigenvalue weighted by atomic mass is 15.1. The third-order valence-electron chi connectivity index (χ3n) is 4.02. The van der Waals surface area contributed by atoms with Crippen molar-refractivity contribution in [2.75, 3.05) is 14.1 Å². The van der Waals surface area contributed by atoms with Gasteiger partial charge in [0.1, 0.15) is 0 Å². The lowest BCUT2D eigenvalue weighted by molar-refractivity contribution is 0.323. The largest absolute Gasteiger partial charge is 0.303 e. The zero-order valence-electron chi connectivity index (χ0n) is 11.7. The van der Waals surface area contributed by atoms with Gasteiger partial charge in [0.25, 0.3) is 0 Å². The number of fused-ring (bicyclic) bond motifs is 3. The summed E-state index contributed by atoms with van der Waals surface area (Å²) in [4.78, 5) is 2.26. The predicted molar refractivity (Wildman–Crippen MR) is 83.6 cm³/mol. The number of hydrogen-bond acceptors (Lipinski definition) is 1. The van der Waals surface area contributed by atoms with Crippen molar-refractivity contribution in [2.45, 2.75) is 13.0 Å². The van der Waals surface area contributed by atoms with Crippen molar-refractivity contribution in [3.63, 3.8) is 0 Å². The number of hydrogen-bond donors (Lipinski definition) is 0. The maximum atomic E-state index is 2.34. The smallest absolute Gasteiger partial charge is 0.0320 e. The Kier molecular flexibility index (Phi) is 3.00. The first-order valence-corrected chi connectivity index (χ1v) is 6.75. The van der Waals surface area contributed by atoms with E-state index in [1.165, 1.54) is 27.1 Å². The highest BCUT2D eigenvalue weighted by Crippen LogP contribution is 2.33. The molecule has 0 fully saturated rings. The minimum Gasteiger partial charge on any atom is -0.303 e. The summed E-state index contributed by atoms with van der Waals surface area (Å²) in [6.45, 7) is 2.26. The van der Waals surface area contributed by atoms with Gasteiger partial charge in [0.05, 0.1) is 0 Å². The van der Waals surface area contributed by atoms with E-state index >= 15 is 0 Å². The molecule has 0 aromatic heterocycles. The molecule has 0 spiro atoms. The summed E-state index contributed by atoms with van der Waals surface area (Å²) >= 11 is 0. The van der Waals surface area contributed by atoms with Gasteiger partial charge < -0.3 is 4.90 Å². The van der Waals surface area contributed by atoms with E-state index in [9.17, 15) is 0 Å². The van der Waals surface area contributed by atoms with Crippen LogP contribution in [0.1, 0.15) is 18.5 Å².